The van der Waals surface area contributed by atoms with Gasteiger partial charge in [0, 0.05) is 32.0 Å². The van der Waals surface area contributed by atoms with E-state index in [-0.39, 0.29) is 0 Å². The zero-order chi connectivity index (χ0) is 13.5. The van der Waals surface area contributed by atoms with Gasteiger partial charge in [0.1, 0.15) is 0 Å². The molecule has 1 aliphatic heterocycles. The molecule has 106 valence electrons. The largest absolute Gasteiger partial charge is 0.357 e. The maximum Gasteiger partial charge on any atom is 0.193 e. The predicted molar refractivity (Wildman–Crippen MR) is 78.2 cm³/mol. The van der Waals surface area contributed by atoms with E-state index in [1.165, 1.54) is 12.8 Å². The summed E-state index contributed by atoms with van der Waals surface area (Å²) >= 11 is 0. The maximum atomic E-state index is 4.71. The van der Waals surface area contributed by atoms with Gasteiger partial charge in [-0.2, -0.15) is 5.10 Å². The van der Waals surface area contributed by atoms with E-state index in [0.29, 0.717) is 0 Å². The molecule has 1 N–H and O–H groups in total. The standard InChI is InChI=1S/C14H25N5/c1-3-15-14(18-10-5-13(2)6-11-18)16-8-12-19-9-4-7-17-19/h4,7,9,13H,3,5-6,8,10-12H2,1-2H3,(H,15,16). The van der Waals surface area contributed by atoms with Crippen LogP contribution in [0.1, 0.15) is 26.7 Å². The molecule has 1 aromatic heterocycles. The van der Waals surface area contributed by atoms with Crippen LogP contribution in [0.3, 0.4) is 0 Å². The number of aromatic nitrogens is 2. The van der Waals surface area contributed by atoms with E-state index in [2.05, 4.69) is 29.2 Å². The van der Waals surface area contributed by atoms with Gasteiger partial charge in [-0.05, 0) is 31.7 Å². The molecular weight excluding hydrogens is 238 g/mol. The lowest BCUT2D eigenvalue weighted by molar-refractivity contribution is 0.273. The molecule has 5 nitrogen and oxygen atoms in total. The van der Waals surface area contributed by atoms with Crippen molar-refractivity contribution in [2.24, 2.45) is 10.9 Å². The van der Waals surface area contributed by atoms with Crippen molar-refractivity contribution in [3.05, 3.63) is 18.5 Å². The summed E-state index contributed by atoms with van der Waals surface area (Å²) in [5, 5.41) is 7.59. The van der Waals surface area contributed by atoms with Crippen LogP contribution in [0.5, 0.6) is 0 Å². The van der Waals surface area contributed by atoms with E-state index < -0.39 is 0 Å². The first-order chi connectivity index (χ1) is 9.29. The van der Waals surface area contributed by atoms with Gasteiger partial charge in [0.05, 0.1) is 13.1 Å². The smallest absolute Gasteiger partial charge is 0.193 e. The molecular formula is C14H25N5. The normalized spacial score (nSPS) is 17.8. The summed E-state index contributed by atoms with van der Waals surface area (Å²) in [5.74, 6) is 1.91. The Balaban J connectivity index is 1.87. The molecule has 2 heterocycles. The number of hydrogen-bond donors (Lipinski definition) is 1. The summed E-state index contributed by atoms with van der Waals surface area (Å²) < 4.78 is 1.92. The third-order valence-electron chi connectivity index (χ3n) is 3.57. The van der Waals surface area contributed by atoms with E-state index in [0.717, 1.165) is 44.6 Å². The van der Waals surface area contributed by atoms with Gasteiger partial charge >= 0.3 is 0 Å². The fourth-order valence-corrected chi connectivity index (χ4v) is 2.34. The van der Waals surface area contributed by atoms with Crippen LogP contribution in [0.2, 0.25) is 0 Å². The van der Waals surface area contributed by atoms with E-state index in [4.69, 9.17) is 4.99 Å². The Kier molecular flexibility index (Phi) is 5.24. The van der Waals surface area contributed by atoms with E-state index in [1.54, 1.807) is 6.20 Å². The Morgan fingerprint density at radius 1 is 1.42 bits per heavy atom. The number of likely N-dealkylation sites (tertiary alicyclic amines) is 1. The highest BCUT2D eigenvalue weighted by Crippen LogP contribution is 2.15. The van der Waals surface area contributed by atoms with Crippen molar-refractivity contribution in [3.8, 4) is 0 Å². The van der Waals surface area contributed by atoms with Gasteiger partial charge < -0.3 is 10.2 Å². The Bertz CT molecular complexity index is 377. The third kappa shape index (κ3) is 4.26. The molecule has 1 saturated heterocycles. The molecule has 5 heteroatoms. The van der Waals surface area contributed by atoms with Crippen LogP contribution >= 0.6 is 0 Å². The van der Waals surface area contributed by atoms with Gasteiger partial charge in [-0.1, -0.05) is 6.92 Å². The second kappa shape index (κ2) is 7.16. The molecule has 0 saturated carbocycles. The number of nitrogens with one attached hydrogen (secondary N) is 1. The quantitative estimate of drug-likeness (QED) is 0.662. The van der Waals surface area contributed by atoms with Crippen LogP contribution in [-0.4, -0.2) is 46.8 Å². The molecule has 0 amide bonds. The van der Waals surface area contributed by atoms with Gasteiger partial charge in [-0.25, -0.2) is 0 Å². The van der Waals surface area contributed by atoms with E-state index >= 15 is 0 Å². The van der Waals surface area contributed by atoms with Crippen molar-refractivity contribution >= 4 is 5.96 Å². The SMILES string of the molecule is CCNC(=NCCn1cccn1)N1CCC(C)CC1. The summed E-state index contributed by atoms with van der Waals surface area (Å²) in [6.45, 7) is 9.23. The molecule has 0 spiro atoms. The van der Waals surface area contributed by atoms with Crippen molar-refractivity contribution in [2.45, 2.75) is 33.2 Å². The highest BCUT2D eigenvalue weighted by Gasteiger charge is 2.18. The molecule has 0 radical (unpaired) electrons. The van der Waals surface area contributed by atoms with Gasteiger partial charge in [0.2, 0.25) is 0 Å². The van der Waals surface area contributed by atoms with Crippen molar-refractivity contribution in [2.75, 3.05) is 26.2 Å². The summed E-state index contributed by atoms with van der Waals surface area (Å²) in [5.41, 5.74) is 0. The lowest BCUT2D eigenvalue weighted by atomic mass is 10.00. The van der Waals surface area contributed by atoms with Crippen LogP contribution in [0.15, 0.2) is 23.5 Å². The number of hydrogen-bond acceptors (Lipinski definition) is 2. The zero-order valence-electron chi connectivity index (χ0n) is 12.0. The minimum absolute atomic E-state index is 0.774. The molecule has 19 heavy (non-hydrogen) atoms. The van der Waals surface area contributed by atoms with Crippen LogP contribution in [0.25, 0.3) is 0 Å². The van der Waals surface area contributed by atoms with E-state index in [1.807, 2.05) is 16.9 Å². The van der Waals surface area contributed by atoms with Crippen LogP contribution in [-0.2, 0) is 6.54 Å². The number of nitrogens with zero attached hydrogens (tertiary/aromatic N) is 4. The van der Waals surface area contributed by atoms with Crippen LogP contribution < -0.4 is 5.32 Å². The van der Waals surface area contributed by atoms with Crippen LogP contribution in [0, 0.1) is 5.92 Å². The fourth-order valence-electron chi connectivity index (χ4n) is 2.34. The average molecular weight is 263 g/mol. The Morgan fingerprint density at radius 2 is 2.21 bits per heavy atom. The molecule has 0 unspecified atom stereocenters. The summed E-state index contributed by atoms with van der Waals surface area (Å²) in [6, 6.07) is 1.95. The predicted octanol–water partition coefficient (Wildman–Crippen LogP) is 1.58. The molecule has 1 aliphatic rings. The minimum Gasteiger partial charge on any atom is -0.357 e. The Morgan fingerprint density at radius 3 is 2.84 bits per heavy atom. The molecule has 0 atom stereocenters. The summed E-state index contributed by atoms with van der Waals surface area (Å²) in [4.78, 5) is 7.09. The molecule has 2 rings (SSSR count). The average Bonchev–Trinajstić information content (AvgIpc) is 2.92. The van der Waals surface area contributed by atoms with Gasteiger partial charge in [-0.15, -0.1) is 0 Å². The minimum atomic E-state index is 0.774. The Labute approximate surface area is 115 Å². The first-order valence-corrected chi connectivity index (χ1v) is 7.30. The first kappa shape index (κ1) is 13.9. The second-order valence-electron chi connectivity index (χ2n) is 5.17. The molecule has 0 aliphatic carbocycles. The highest BCUT2D eigenvalue weighted by molar-refractivity contribution is 5.80. The third-order valence-corrected chi connectivity index (χ3v) is 3.57. The number of rotatable bonds is 4. The summed E-state index contributed by atoms with van der Waals surface area (Å²) in [6.07, 6.45) is 6.32. The van der Waals surface area contributed by atoms with Gasteiger partial charge in [-0.3, -0.25) is 9.67 Å². The number of aliphatic imine (C=N–C) groups is 1. The molecule has 0 aromatic carbocycles. The lowest BCUT2D eigenvalue weighted by Gasteiger charge is -2.33. The number of piperidine rings is 1. The highest BCUT2D eigenvalue weighted by atomic mass is 15.3. The van der Waals surface area contributed by atoms with Crippen LogP contribution in [0.4, 0.5) is 0 Å². The second-order valence-corrected chi connectivity index (χ2v) is 5.17. The molecule has 1 fully saturated rings. The van der Waals surface area contributed by atoms with Crippen molar-refractivity contribution < 1.29 is 0 Å². The maximum absolute atomic E-state index is 4.71. The molecule has 0 bridgehead atoms. The fraction of sp³-hybridized carbons (Fsp3) is 0.714. The lowest BCUT2D eigenvalue weighted by Crippen LogP contribution is -2.45. The number of guanidine groups is 1. The van der Waals surface area contributed by atoms with Crippen molar-refractivity contribution in [1.29, 1.82) is 0 Å². The van der Waals surface area contributed by atoms with Gasteiger partial charge in [0.15, 0.2) is 5.96 Å². The molecule has 1 aromatic rings. The topological polar surface area (TPSA) is 45.5 Å². The van der Waals surface area contributed by atoms with Crippen molar-refractivity contribution in [3.63, 3.8) is 0 Å². The van der Waals surface area contributed by atoms with Crippen molar-refractivity contribution in [1.82, 2.24) is 20.0 Å². The van der Waals surface area contributed by atoms with Gasteiger partial charge in [0.25, 0.3) is 0 Å². The zero-order valence-corrected chi connectivity index (χ0v) is 12.0. The van der Waals surface area contributed by atoms with E-state index in [9.17, 15) is 0 Å². The Hall–Kier alpha value is -1.52. The monoisotopic (exact) mass is 263 g/mol. The summed E-state index contributed by atoms with van der Waals surface area (Å²) in [7, 11) is 0. The first-order valence-electron chi connectivity index (χ1n) is 7.30.